The van der Waals surface area contributed by atoms with Crippen LogP contribution in [0.3, 0.4) is 0 Å². The van der Waals surface area contributed by atoms with E-state index in [-0.39, 0.29) is 6.54 Å². The van der Waals surface area contributed by atoms with Crippen molar-refractivity contribution in [3.63, 3.8) is 0 Å². The molecule has 0 aliphatic heterocycles. The summed E-state index contributed by atoms with van der Waals surface area (Å²) in [5.74, 6) is -0.942. The van der Waals surface area contributed by atoms with Gasteiger partial charge in [-0.2, -0.15) is 0 Å². The number of carboxylic acid groups (broad SMARTS) is 1. The largest absolute Gasteiger partial charge is 0.496 e. The number of carbonyl (C=O) groups is 2. The molecular weight excluding hydrogens is 236 g/mol. The summed E-state index contributed by atoms with van der Waals surface area (Å²) >= 11 is 0. The Bertz CT molecular complexity index is 434. The van der Waals surface area contributed by atoms with Gasteiger partial charge in [-0.25, -0.2) is 0 Å². The van der Waals surface area contributed by atoms with Crippen molar-refractivity contribution in [2.75, 3.05) is 7.11 Å². The van der Waals surface area contributed by atoms with Gasteiger partial charge in [-0.1, -0.05) is 18.2 Å². The highest BCUT2D eigenvalue weighted by Crippen LogP contribution is 2.16. The van der Waals surface area contributed by atoms with Crippen LogP contribution in [0.25, 0.3) is 0 Å². The summed E-state index contributed by atoms with van der Waals surface area (Å²) in [6.45, 7) is 0.246. The average molecular weight is 252 g/mol. The Kier molecular flexibility index (Phi) is 5.13. The minimum absolute atomic E-state index is 0.246. The Balaban J connectivity index is 2.54. The van der Waals surface area contributed by atoms with Gasteiger partial charge in [-0.3, -0.25) is 9.59 Å². The Morgan fingerprint density at radius 3 is 2.72 bits per heavy atom. The van der Waals surface area contributed by atoms with E-state index in [2.05, 4.69) is 5.32 Å². The molecule has 0 saturated carbocycles. The standard InChI is InChI=1S/C12H16N2O4/c1-18-10-5-3-2-4-8(10)7-14-12(17)9(13)6-11(15)16/h2-5,9H,6-7,13H2,1H3,(H,14,17)(H,15,16). The van der Waals surface area contributed by atoms with Gasteiger partial charge in [0.15, 0.2) is 0 Å². The fourth-order valence-corrected chi connectivity index (χ4v) is 1.44. The molecule has 1 unspecified atom stereocenters. The molecule has 0 aliphatic carbocycles. The summed E-state index contributed by atoms with van der Waals surface area (Å²) in [6, 6.07) is 6.18. The number of carboxylic acids is 1. The minimum atomic E-state index is -1.10. The van der Waals surface area contributed by atoms with Crippen molar-refractivity contribution >= 4 is 11.9 Å². The van der Waals surface area contributed by atoms with Crippen molar-refractivity contribution in [3.8, 4) is 5.75 Å². The van der Waals surface area contributed by atoms with E-state index in [9.17, 15) is 9.59 Å². The molecule has 4 N–H and O–H groups in total. The highest BCUT2D eigenvalue weighted by molar-refractivity contribution is 5.85. The smallest absolute Gasteiger partial charge is 0.305 e. The van der Waals surface area contributed by atoms with Gasteiger partial charge in [0, 0.05) is 12.1 Å². The maximum Gasteiger partial charge on any atom is 0.305 e. The fourth-order valence-electron chi connectivity index (χ4n) is 1.44. The Morgan fingerprint density at radius 2 is 2.11 bits per heavy atom. The number of methoxy groups -OCH3 is 1. The van der Waals surface area contributed by atoms with Crippen LogP contribution in [0, 0.1) is 0 Å². The van der Waals surface area contributed by atoms with Crippen LogP contribution in [0.2, 0.25) is 0 Å². The van der Waals surface area contributed by atoms with Crippen LogP contribution in [-0.4, -0.2) is 30.1 Å². The number of hydrogen-bond acceptors (Lipinski definition) is 4. The molecular formula is C12H16N2O4. The third-order valence-electron chi connectivity index (χ3n) is 2.38. The second-order valence-electron chi connectivity index (χ2n) is 3.73. The zero-order valence-electron chi connectivity index (χ0n) is 10.1. The fraction of sp³-hybridized carbons (Fsp3) is 0.333. The number of para-hydroxylation sites is 1. The second kappa shape index (κ2) is 6.61. The lowest BCUT2D eigenvalue weighted by Crippen LogP contribution is -2.41. The lowest BCUT2D eigenvalue weighted by Gasteiger charge is -2.12. The maximum absolute atomic E-state index is 11.5. The van der Waals surface area contributed by atoms with E-state index in [4.69, 9.17) is 15.6 Å². The van der Waals surface area contributed by atoms with Crippen molar-refractivity contribution in [3.05, 3.63) is 29.8 Å². The third-order valence-corrected chi connectivity index (χ3v) is 2.38. The number of aliphatic carboxylic acids is 1. The zero-order chi connectivity index (χ0) is 13.5. The van der Waals surface area contributed by atoms with Crippen LogP contribution < -0.4 is 15.8 Å². The molecule has 0 aromatic heterocycles. The summed E-state index contributed by atoms with van der Waals surface area (Å²) < 4.78 is 5.13. The number of hydrogen-bond donors (Lipinski definition) is 3. The van der Waals surface area contributed by atoms with Crippen molar-refractivity contribution in [2.24, 2.45) is 5.73 Å². The number of carbonyl (C=O) groups excluding carboxylic acids is 1. The average Bonchev–Trinajstić information content (AvgIpc) is 2.35. The Labute approximate surface area is 105 Å². The van der Waals surface area contributed by atoms with E-state index in [1.807, 2.05) is 18.2 Å². The maximum atomic E-state index is 11.5. The number of nitrogens with two attached hydrogens (primary N) is 1. The molecule has 1 rings (SSSR count). The predicted octanol–water partition coefficient (Wildman–Crippen LogP) is 0.113. The Hall–Kier alpha value is -2.08. The molecule has 1 amide bonds. The summed E-state index contributed by atoms with van der Waals surface area (Å²) in [5, 5.41) is 11.1. The molecule has 0 heterocycles. The van der Waals surface area contributed by atoms with Crippen LogP contribution in [0.15, 0.2) is 24.3 Å². The predicted molar refractivity (Wildman–Crippen MR) is 65.1 cm³/mol. The monoisotopic (exact) mass is 252 g/mol. The number of amides is 1. The normalized spacial score (nSPS) is 11.7. The number of benzene rings is 1. The van der Waals surface area contributed by atoms with Gasteiger partial charge in [0.1, 0.15) is 5.75 Å². The van der Waals surface area contributed by atoms with Crippen molar-refractivity contribution in [1.29, 1.82) is 0 Å². The zero-order valence-corrected chi connectivity index (χ0v) is 10.1. The van der Waals surface area contributed by atoms with Crippen LogP contribution >= 0.6 is 0 Å². The van der Waals surface area contributed by atoms with Gasteiger partial charge in [-0.15, -0.1) is 0 Å². The molecule has 1 aromatic rings. The first kappa shape index (κ1) is 14.0. The van der Waals surface area contributed by atoms with E-state index in [0.717, 1.165) is 5.56 Å². The highest BCUT2D eigenvalue weighted by atomic mass is 16.5. The van der Waals surface area contributed by atoms with Crippen molar-refractivity contribution < 1.29 is 19.4 Å². The van der Waals surface area contributed by atoms with Gasteiger partial charge < -0.3 is 20.9 Å². The van der Waals surface area contributed by atoms with Crippen LogP contribution in [0.5, 0.6) is 5.75 Å². The van der Waals surface area contributed by atoms with E-state index >= 15 is 0 Å². The van der Waals surface area contributed by atoms with Gasteiger partial charge >= 0.3 is 5.97 Å². The van der Waals surface area contributed by atoms with Gasteiger partial charge in [-0.05, 0) is 6.07 Å². The molecule has 6 heteroatoms. The first-order valence-electron chi connectivity index (χ1n) is 5.41. The molecule has 0 saturated heterocycles. The lowest BCUT2D eigenvalue weighted by atomic mass is 10.1. The summed E-state index contributed by atoms with van der Waals surface area (Å²) in [7, 11) is 1.54. The molecule has 0 bridgehead atoms. The van der Waals surface area contributed by atoms with Crippen LogP contribution in [0.4, 0.5) is 0 Å². The van der Waals surface area contributed by atoms with E-state index in [1.165, 1.54) is 7.11 Å². The first-order chi connectivity index (χ1) is 8.54. The van der Waals surface area contributed by atoms with Crippen molar-refractivity contribution in [2.45, 2.75) is 19.0 Å². The Morgan fingerprint density at radius 1 is 1.44 bits per heavy atom. The minimum Gasteiger partial charge on any atom is -0.496 e. The molecule has 6 nitrogen and oxygen atoms in total. The van der Waals surface area contributed by atoms with E-state index < -0.39 is 24.3 Å². The molecule has 18 heavy (non-hydrogen) atoms. The number of ether oxygens (including phenoxy) is 1. The summed E-state index contributed by atoms with van der Waals surface area (Å²) in [5.41, 5.74) is 6.23. The summed E-state index contributed by atoms with van der Waals surface area (Å²) in [6.07, 6.45) is -0.391. The van der Waals surface area contributed by atoms with Crippen molar-refractivity contribution in [1.82, 2.24) is 5.32 Å². The van der Waals surface area contributed by atoms with Crippen LogP contribution in [0.1, 0.15) is 12.0 Å². The highest BCUT2D eigenvalue weighted by Gasteiger charge is 2.16. The summed E-state index contributed by atoms with van der Waals surface area (Å²) in [4.78, 5) is 21.9. The SMILES string of the molecule is COc1ccccc1CNC(=O)C(N)CC(=O)O. The second-order valence-corrected chi connectivity index (χ2v) is 3.73. The molecule has 0 aliphatic rings. The van der Waals surface area contributed by atoms with Crippen LogP contribution in [-0.2, 0) is 16.1 Å². The molecule has 0 radical (unpaired) electrons. The van der Waals surface area contributed by atoms with E-state index in [1.54, 1.807) is 6.07 Å². The van der Waals surface area contributed by atoms with E-state index in [0.29, 0.717) is 5.75 Å². The topological polar surface area (TPSA) is 102 Å². The third kappa shape index (κ3) is 4.06. The van der Waals surface area contributed by atoms with Gasteiger partial charge in [0.25, 0.3) is 0 Å². The van der Waals surface area contributed by atoms with Gasteiger partial charge in [0.05, 0.1) is 19.6 Å². The molecule has 98 valence electrons. The molecule has 1 aromatic carbocycles. The molecule has 1 atom stereocenters. The van der Waals surface area contributed by atoms with Gasteiger partial charge in [0.2, 0.25) is 5.91 Å². The first-order valence-corrected chi connectivity index (χ1v) is 5.41. The lowest BCUT2D eigenvalue weighted by molar-refractivity contribution is -0.139. The number of rotatable bonds is 6. The molecule has 0 fully saturated rings. The quantitative estimate of drug-likeness (QED) is 0.667. The number of nitrogens with one attached hydrogen (secondary N) is 1. The molecule has 0 spiro atoms.